The molecule has 0 radical (unpaired) electrons. The van der Waals surface area contributed by atoms with Gasteiger partial charge in [-0.1, -0.05) is 27.2 Å². The summed E-state index contributed by atoms with van der Waals surface area (Å²) in [5.41, 5.74) is 0. The van der Waals surface area contributed by atoms with Crippen molar-refractivity contribution in [3.8, 4) is 0 Å². The van der Waals surface area contributed by atoms with Crippen LogP contribution in [-0.2, 0) is 4.74 Å². The fourth-order valence-corrected chi connectivity index (χ4v) is 1.61. The van der Waals surface area contributed by atoms with Crippen LogP contribution in [0.1, 0.15) is 47.0 Å². The van der Waals surface area contributed by atoms with E-state index in [1.165, 1.54) is 12.8 Å². The van der Waals surface area contributed by atoms with E-state index in [4.69, 9.17) is 4.74 Å². The fraction of sp³-hybridized carbons (Fsp3) is 1.00. The molecule has 0 bridgehead atoms. The van der Waals surface area contributed by atoms with Crippen molar-refractivity contribution in [2.24, 2.45) is 5.92 Å². The number of nitrogens with one attached hydrogen (secondary N) is 1. The van der Waals surface area contributed by atoms with E-state index in [1.54, 1.807) is 0 Å². The Morgan fingerprint density at radius 2 is 1.93 bits per heavy atom. The normalized spacial score (nSPS) is 15.4. The second kappa shape index (κ2) is 9.47. The minimum Gasteiger partial charge on any atom is -0.382 e. The molecular formula is C12H27NO. The number of hydrogen-bond donors (Lipinski definition) is 1. The van der Waals surface area contributed by atoms with Gasteiger partial charge in [-0.3, -0.25) is 0 Å². The summed E-state index contributed by atoms with van der Waals surface area (Å²) in [6, 6.07) is 0.640. The van der Waals surface area contributed by atoms with Gasteiger partial charge in [0.05, 0.1) is 0 Å². The lowest BCUT2D eigenvalue weighted by molar-refractivity contribution is 0.133. The predicted molar refractivity (Wildman–Crippen MR) is 62.6 cm³/mol. The van der Waals surface area contributed by atoms with Crippen LogP contribution < -0.4 is 5.32 Å². The summed E-state index contributed by atoms with van der Waals surface area (Å²) in [5.74, 6) is 0.820. The standard InChI is InChI=1S/C12H27NO/c1-5-11(4)10-12(13-6-2)8-9-14-7-3/h11-13H,5-10H2,1-4H3. The first kappa shape index (κ1) is 13.9. The zero-order chi connectivity index (χ0) is 10.8. The minimum atomic E-state index is 0.640. The first-order valence-corrected chi connectivity index (χ1v) is 6.05. The largest absolute Gasteiger partial charge is 0.382 e. The summed E-state index contributed by atoms with van der Waals surface area (Å²) in [6.45, 7) is 11.6. The molecule has 0 aliphatic rings. The molecule has 86 valence electrons. The van der Waals surface area contributed by atoms with E-state index in [0.29, 0.717) is 6.04 Å². The van der Waals surface area contributed by atoms with Gasteiger partial charge in [0.25, 0.3) is 0 Å². The lowest BCUT2D eigenvalue weighted by atomic mass is 9.97. The fourth-order valence-electron chi connectivity index (χ4n) is 1.61. The van der Waals surface area contributed by atoms with Crippen LogP contribution in [0.5, 0.6) is 0 Å². The molecule has 0 aromatic rings. The molecule has 0 rings (SSSR count). The average Bonchev–Trinajstić information content (AvgIpc) is 2.18. The Morgan fingerprint density at radius 3 is 2.43 bits per heavy atom. The highest BCUT2D eigenvalue weighted by Gasteiger charge is 2.10. The molecule has 1 N–H and O–H groups in total. The molecule has 0 fully saturated rings. The molecule has 0 spiro atoms. The van der Waals surface area contributed by atoms with Gasteiger partial charge in [-0.15, -0.1) is 0 Å². The van der Waals surface area contributed by atoms with Gasteiger partial charge in [0.2, 0.25) is 0 Å². The van der Waals surface area contributed by atoms with E-state index >= 15 is 0 Å². The highest BCUT2D eigenvalue weighted by atomic mass is 16.5. The van der Waals surface area contributed by atoms with Gasteiger partial charge in [0, 0.05) is 19.3 Å². The van der Waals surface area contributed by atoms with Crippen molar-refractivity contribution in [2.45, 2.75) is 53.0 Å². The second-order valence-electron chi connectivity index (χ2n) is 3.99. The highest BCUT2D eigenvalue weighted by molar-refractivity contribution is 4.68. The van der Waals surface area contributed by atoms with E-state index in [0.717, 1.165) is 32.1 Å². The third-order valence-electron chi connectivity index (χ3n) is 2.69. The van der Waals surface area contributed by atoms with Crippen molar-refractivity contribution in [2.75, 3.05) is 19.8 Å². The molecule has 0 aromatic heterocycles. The van der Waals surface area contributed by atoms with Crippen molar-refractivity contribution in [1.29, 1.82) is 0 Å². The van der Waals surface area contributed by atoms with Crippen molar-refractivity contribution in [1.82, 2.24) is 5.32 Å². The third kappa shape index (κ3) is 7.34. The van der Waals surface area contributed by atoms with Crippen molar-refractivity contribution in [3.63, 3.8) is 0 Å². The van der Waals surface area contributed by atoms with Crippen LogP contribution in [0, 0.1) is 5.92 Å². The van der Waals surface area contributed by atoms with Crippen LogP contribution in [0.3, 0.4) is 0 Å². The first-order chi connectivity index (χ1) is 6.74. The Hall–Kier alpha value is -0.0800. The molecule has 2 unspecified atom stereocenters. The maximum absolute atomic E-state index is 5.39. The van der Waals surface area contributed by atoms with Crippen molar-refractivity contribution >= 4 is 0 Å². The van der Waals surface area contributed by atoms with Gasteiger partial charge >= 0.3 is 0 Å². The quantitative estimate of drug-likeness (QED) is 0.579. The molecule has 2 nitrogen and oxygen atoms in total. The molecule has 2 atom stereocenters. The highest BCUT2D eigenvalue weighted by Crippen LogP contribution is 2.12. The molecule has 0 saturated heterocycles. The zero-order valence-corrected chi connectivity index (χ0v) is 10.3. The molecule has 0 aliphatic carbocycles. The van der Waals surface area contributed by atoms with Gasteiger partial charge in [-0.25, -0.2) is 0 Å². The van der Waals surface area contributed by atoms with Crippen LogP contribution >= 0.6 is 0 Å². The summed E-state index contributed by atoms with van der Waals surface area (Å²) >= 11 is 0. The molecular weight excluding hydrogens is 174 g/mol. The maximum Gasteiger partial charge on any atom is 0.0480 e. The summed E-state index contributed by atoms with van der Waals surface area (Å²) in [5, 5.41) is 3.53. The predicted octanol–water partition coefficient (Wildman–Crippen LogP) is 2.83. The van der Waals surface area contributed by atoms with Gasteiger partial charge in [-0.05, 0) is 32.2 Å². The number of rotatable bonds is 9. The Bertz CT molecular complexity index is 117. The summed E-state index contributed by atoms with van der Waals surface area (Å²) in [4.78, 5) is 0. The maximum atomic E-state index is 5.39. The molecule has 0 heterocycles. The van der Waals surface area contributed by atoms with Crippen molar-refractivity contribution < 1.29 is 4.74 Å². The smallest absolute Gasteiger partial charge is 0.0480 e. The molecule has 0 amide bonds. The monoisotopic (exact) mass is 201 g/mol. The van der Waals surface area contributed by atoms with Gasteiger partial charge in [-0.2, -0.15) is 0 Å². The number of hydrogen-bond acceptors (Lipinski definition) is 2. The van der Waals surface area contributed by atoms with E-state index in [9.17, 15) is 0 Å². The first-order valence-electron chi connectivity index (χ1n) is 6.05. The topological polar surface area (TPSA) is 21.3 Å². The minimum absolute atomic E-state index is 0.640. The van der Waals surface area contributed by atoms with E-state index < -0.39 is 0 Å². The number of ether oxygens (including phenoxy) is 1. The Balaban J connectivity index is 3.65. The van der Waals surface area contributed by atoms with Crippen LogP contribution in [0.2, 0.25) is 0 Å². The van der Waals surface area contributed by atoms with Crippen LogP contribution in [0.15, 0.2) is 0 Å². The lowest BCUT2D eigenvalue weighted by Crippen LogP contribution is -2.31. The molecule has 14 heavy (non-hydrogen) atoms. The molecule has 2 heteroatoms. The van der Waals surface area contributed by atoms with Gasteiger partial charge in [0.15, 0.2) is 0 Å². The average molecular weight is 201 g/mol. The Labute approximate surface area is 89.4 Å². The van der Waals surface area contributed by atoms with E-state index in [-0.39, 0.29) is 0 Å². The SMILES string of the molecule is CCNC(CCOCC)CC(C)CC. The summed E-state index contributed by atoms with van der Waals surface area (Å²) in [6.07, 6.45) is 3.69. The zero-order valence-electron chi connectivity index (χ0n) is 10.3. The van der Waals surface area contributed by atoms with Crippen molar-refractivity contribution in [3.05, 3.63) is 0 Å². The third-order valence-corrected chi connectivity index (χ3v) is 2.69. The van der Waals surface area contributed by atoms with Crippen LogP contribution in [0.25, 0.3) is 0 Å². The van der Waals surface area contributed by atoms with Gasteiger partial charge in [0.1, 0.15) is 0 Å². The van der Waals surface area contributed by atoms with Crippen LogP contribution in [-0.4, -0.2) is 25.8 Å². The molecule has 0 aromatic carbocycles. The summed E-state index contributed by atoms with van der Waals surface area (Å²) < 4.78 is 5.39. The Morgan fingerprint density at radius 1 is 1.21 bits per heavy atom. The van der Waals surface area contributed by atoms with E-state index in [2.05, 4.69) is 33.0 Å². The Kier molecular flexibility index (Phi) is 9.42. The van der Waals surface area contributed by atoms with Crippen LogP contribution in [0.4, 0.5) is 0 Å². The van der Waals surface area contributed by atoms with Gasteiger partial charge < -0.3 is 10.1 Å². The second-order valence-corrected chi connectivity index (χ2v) is 3.99. The molecule has 0 aliphatic heterocycles. The van der Waals surface area contributed by atoms with E-state index in [1.807, 2.05) is 0 Å². The lowest BCUT2D eigenvalue weighted by Gasteiger charge is -2.20. The summed E-state index contributed by atoms with van der Waals surface area (Å²) in [7, 11) is 0. The molecule has 0 saturated carbocycles.